The first-order valence-corrected chi connectivity index (χ1v) is 9.87. The van der Waals surface area contributed by atoms with Gasteiger partial charge in [-0.25, -0.2) is 4.57 Å². The molecule has 4 rings (SSSR count). The highest BCUT2D eigenvalue weighted by Crippen LogP contribution is 2.31. The van der Waals surface area contributed by atoms with Crippen LogP contribution in [0.4, 0.5) is 8.78 Å². The summed E-state index contributed by atoms with van der Waals surface area (Å²) in [7, 11) is 1.66. The van der Waals surface area contributed by atoms with Gasteiger partial charge in [0, 0.05) is 16.9 Å². The summed E-state index contributed by atoms with van der Waals surface area (Å²) in [4.78, 5) is 0.578. The highest BCUT2D eigenvalue weighted by Gasteiger charge is 2.28. The van der Waals surface area contributed by atoms with Gasteiger partial charge in [0.15, 0.2) is 5.69 Å². The third-order valence-corrected chi connectivity index (χ3v) is 5.59. The molecule has 3 nitrogen and oxygen atoms in total. The molecule has 0 aliphatic carbocycles. The first kappa shape index (κ1) is 20.9. The van der Waals surface area contributed by atoms with Crippen LogP contribution in [0.25, 0.3) is 16.9 Å². The Bertz CT molecular complexity index is 927. The van der Waals surface area contributed by atoms with E-state index in [2.05, 4.69) is 27.5 Å². The molecule has 0 N–H and O–H groups in total. The highest BCUT2D eigenvalue weighted by atomic mass is 79.9. The lowest BCUT2D eigenvalue weighted by molar-refractivity contribution is -0.708. The summed E-state index contributed by atoms with van der Waals surface area (Å²) in [6.07, 6.45) is 5.54. The maximum Gasteiger partial charge on any atom is 0.288 e. The van der Waals surface area contributed by atoms with Crippen molar-refractivity contribution in [3.05, 3.63) is 60.6 Å². The number of aryl methyl sites for hydroxylation is 1. The van der Waals surface area contributed by atoms with Crippen molar-refractivity contribution in [2.45, 2.75) is 36.5 Å². The lowest BCUT2D eigenvalue weighted by Gasteiger charge is -2.10. The fraction of sp³-hybridized carbons (Fsp3) is 0.286. The molecule has 1 aliphatic rings. The normalized spacial score (nSPS) is 13.1. The fourth-order valence-electron chi connectivity index (χ4n) is 3.59. The number of imidazole rings is 1. The number of methoxy groups -OCH3 is 1. The number of benzene rings is 2. The number of fused-ring (bicyclic) bond motifs is 1. The van der Waals surface area contributed by atoms with Gasteiger partial charge in [0.1, 0.15) is 17.6 Å². The molecule has 0 saturated heterocycles. The number of hydrogen-bond acceptors (Lipinski definition) is 2. The molecule has 0 bridgehead atoms. The van der Waals surface area contributed by atoms with Crippen LogP contribution in [0.5, 0.6) is 5.75 Å². The van der Waals surface area contributed by atoms with Crippen LogP contribution in [-0.2, 0) is 13.0 Å². The van der Waals surface area contributed by atoms with Gasteiger partial charge in [-0.2, -0.15) is 13.3 Å². The second-order valence-corrected chi connectivity index (χ2v) is 7.58. The molecule has 2 heterocycles. The van der Waals surface area contributed by atoms with Gasteiger partial charge in [-0.3, -0.25) is 0 Å². The second kappa shape index (κ2) is 9.09. The Morgan fingerprint density at radius 2 is 1.75 bits per heavy atom. The third kappa shape index (κ3) is 4.25. The van der Waals surface area contributed by atoms with Crippen molar-refractivity contribution in [3.8, 4) is 22.7 Å². The average molecular weight is 467 g/mol. The molecule has 0 unspecified atom stereocenters. The van der Waals surface area contributed by atoms with E-state index in [1.165, 1.54) is 18.7 Å². The zero-order chi connectivity index (χ0) is 18.8. The molecule has 0 fully saturated rings. The number of hydrogen-bond donors (Lipinski definition) is 0. The van der Waals surface area contributed by atoms with Gasteiger partial charge in [-0.15, -0.1) is 0 Å². The Balaban J connectivity index is 0.00000225. The van der Waals surface area contributed by atoms with Crippen LogP contribution in [0.1, 0.15) is 18.7 Å². The van der Waals surface area contributed by atoms with Crippen LogP contribution in [0.3, 0.4) is 0 Å². The summed E-state index contributed by atoms with van der Waals surface area (Å²) in [5, 5.41) is 0. The monoisotopic (exact) mass is 466 g/mol. The van der Waals surface area contributed by atoms with Crippen molar-refractivity contribution in [3.63, 3.8) is 0 Å². The van der Waals surface area contributed by atoms with Gasteiger partial charge in [-0.05, 0) is 61.4 Å². The van der Waals surface area contributed by atoms with Crippen LogP contribution in [-0.4, -0.2) is 17.4 Å². The molecule has 1 aromatic heterocycles. The Hall–Kier alpha value is -1.86. The Morgan fingerprint density at radius 1 is 1.04 bits per heavy atom. The second-order valence-electron chi connectivity index (χ2n) is 6.52. The van der Waals surface area contributed by atoms with Gasteiger partial charge in [0.25, 0.3) is 11.6 Å². The molecule has 2 aromatic carbocycles. The average Bonchev–Trinajstić information content (AvgIpc) is 3.08. The molecule has 148 valence electrons. The summed E-state index contributed by atoms with van der Waals surface area (Å²) in [6, 6.07) is 15.4. The molecule has 0 radical (unpaired) electrons. The Kier molecular flexibility index (Phi) is 6.78. The first-order chi connectivity index (χ1) is 13.2. The van der Waals surface area contributed by atoms with Gasteiger partial charge >= 0.3 is 0 Å². The maximum absolute atomic E-state index is 12.6. The van der Waals surface area contributed by atoms with Crippen molar-refractivity contribution < 1.29 is 35.1 Å². The maximum atomic E-state index is 12.6. The number of rotatable bonds is 5. The zero-order valence-electron chi connectivity index (χ0n) is 15.4. The van der Waals surface area contributed by atoms with Gasteiger partial charge < -0.3 is 21.7 Å². The largest absolute Gasteiger partial charge is 1.00 e. The number of ether oxygens (including phenoxy) is 1. The highest BCUT2D eigenvalue weighted by molar-refractivity contribution is 7.99. The van der Waals surface area contributed by atoms with Gasteiger partial charge in [-0.1, -0.05) is 11.8 Å². The molecule has 1 aliphatic heterocycles. The minimum absolute atomic E-state index is 0. The van der Waals surface area contributed by atoms with E-state index in [4.69, 9.17) is 4.74 Å². The van der Waals surface area contributed by atoms with Crippen molar-refractivity contribution >= 4 is 11.8 Å². The third-order valence-electron chi connectivity index (χ3n) is 4.86. The van der Waals surface area contributed by atoms with E-state index in [0.29, 0.717) is 16.7 Å². The van der Waals surface area contributed by atoms with Crippen molar-refractivity contribution in [1.82, 2.24) is 4.57 Å². The summed E-state index contributed by atoms with van der Waals surface area (Å²) < 4.78 is 35.0. The van der Waals surface area contributed by atoms with Crippen LogP contribution < -0.4 is 26.3 Å². The van der Waals surface area contributed by atoms with Crippen LogP contribution in [0, 0.1) is 0 Å². The van der Waals surface area contributed by atoms with E-state index in [1.54, 1.807) is 19.2 Å². The molecule has 0 amide bonds. The predicted molar refractivity (Wildman–Crippen MR) is 103 cm³/mol. The summed E-state index contributed by atoms with van der Waals surface area (Å²) >= 11 is 0.575. The van der Waals surface area contributed by atoms with E-state index in [0.717, 1.165) is 35.7 Å². The van der Waals surface area contributed by atoms with Crippen molar-refractivity contribution in [2.75, 3.05) is 7.11 Å². The van der Waals surface area contributed by atoms with E-state index in [-0.39, 0.29) is 17.0 Å². The molecule has 7 heteroatoms. The molecule has 0 spiro atoms. The Morgan fingerprint density at radius 3 is 2.39 bits per heavy atom. The van der Waals surface area contributed by atoms with Crippen LogP contribution in [0.2, 0.25) is 0 Å². The molecule has 28 heavy (non-hydrogen) atoms. The molecular formula is C21H21BrF2N2OS. The summed E-state index contributed by atoms with van der Waals surface area (Å²) in [5.41, 5.74) is 3.17. The quantitative estimate of drug-likeness (QED) is 0.423. The Labute approximate surface area is 178 Å². The fourth-order valence-corrected chi connectivity index (χ4v) is 4.09. The first-order valence-electron chi connectivity index (χ1n) is 8.99. The molecular weight excluding hydrogens is 446 g/mol. The number of alkyl halides is 2. The zero-order valence-corrected chi connectivity index (χ0v) is 17.8. The van der Waals surface area contributed by atoms with E-state index < -0.39 is 5.76 Å². The molecule has 0 saturated carbocycles. The van der Waals surface area contributed by atoms with Crippen LogP contribution in [0.15, 0.2) is 59.6 Å². The van der Waals surface area contributed by atoms with E-state index in [9.17, 15) is 8.78 Å². The minimum Gasteiger partial charge on any atom is -1.00 e. The van der Waals surface area contributed by atoms with Crippen molar-refractivity contribution in [1.29, 1.82) is 0 Å². The smallest absolute Gasteiger partial charge is 0.288 e. The van der Waals surface area contributed by atoms with Gasteiger partial charge in [0.2, 0.25) is 0 Å². The summed E-state index contributed by atoms with van der Waals surface area (Å²) in [6.45, 7) is 1.00. The summed E-state index contributed by atoms with van der Waals surface area (Å²) in [5.74, 6) is -0.309. The lowest BCUT2D eigenvalue weighted by Crippen LogP contribution is -3.00. The standard InChI is InChI=1S/C21H21F2N2OS.BrH/c1-26-17-9-7-16(8-10-17)25-19(14-24-13-3-2-4-20(24)25)15-5-11-18(12-6-15)27-21(22)23;/h5-12,14,21H,2-4,13H2,1H3;1H/q+1;/p-1. The van der Waals surface area contributed by atoms with Crippen LogP contribution >= 0.6 is 11.8 Å². The van der Waals surface area contributed by atoms with E-state index in [1.807, 2.05) is 24.3 Å². The van der Waals surface area contributed by atoms with Crippen molar-refractivity contribution in [2.24, 2.45) is 0 Å². The number of halogens is 3. The van der Waals surface area contributed by atoms with E-state index >= 15 is 0 Å². The SMILES string of the molecule is COc1ccc(-n2c(-c3ccc(SC(F)F)cc3)c[n+]3c2CCCC3)cc1.[Br-]. The lowest BCUT2D eigenvalue weighted by atomic mass is 10.1. The number of aromatic nitrogens is 2. The minimum atomic E-state index is -2.40. The van der Waals surface area contributed by atoms with Gasteiger partial charge in [0.05, 0.1) is 13.7 Å². The topological polar surface area (TPSA) is 18.0 Å². The molecule has 0 atom stereocenters. The number of thioether (sulfide) groups is 1. The predicted octanol–water partition coefficient (Wildman–Crippen LogP) is 2.10. The molecule has 3 aromatic rings. The number of nitrogens with zero attached hydrogens (tertiary/aromatic N) is 2.